The number of carbonyl (C=O) groups excluding carboxylic acids is 2. The predicted molar refractivity (Wildman–Crippen MR) is 128 cm³/mol. The van der Waals surface area contributed by atoms with Gasteiger partial charge in [-0.25, -0.2) is 9.59 Å². The van der Waals surface area contributed by atoms with Crippen LogP contribution in [-0.2, 0) is 9.47 Å². The van der Waals surface area contributed by atoms with Crippen LogP contribution < -0.4 is 0 Å². The largest absolute Gasteiger partial charge is 0.458 e. The lowest BCUT2D eigenvalue weighted by atomic mass is 9.82. The summed E-state index contributed by atoms with van der Waals surface area (Å²) in [7, 11) is 1.37. The highest BCUT2D eigenvalue weighted by Crippen LogP contribution is 2.41. The second-order valence-corrected chi connectivity index (χ2v) is 9.25. The highest BCUT2D eigenvalue weighted by molar-refractivity contribution is 5.91. The molecule has 5 rings (SSSR count). The van der Waals surface area contributed by atoms with Crippen molar-refractivity contribution in [2.45, 2.75) is 64.6 Å². The van der Waals surface area contributed by atoms with Gasteiger partial charge in [-0.2, -0.15) is 0 Å². The molecule has 172 valence electrons. The van der Waals surface area contributed by atoms with E-state index in [-0.39, 0.29) is 30.1 Å². The summed E-state index contributed by atoms with van der Waals surface area (Å²) in [5, 5.41) is 0. The predicted octanol–water partition coefficient (Wildman–Crippen LogP) is 5.45. The third kappa shape index (κ3) is 4.35. The van der Waals surface area contributed by atoms with E-state index in [9.17, 15) is 9.59 Å². The molecule has 4 atom stereocenters. The summed E-state index contributed by atoms with van der Waals surface area (Å²) in [5.74, 6) is 2.45. The maximum Gasteiger partial charge on any atom is 0.410 e. The van der Waals surface area contributed by atoms with E-state index in [1.54, 1.807) is 4.90 Å². The fourth-order valence-corrected chi connectivity index (χ4v) is 5.26. The van der Waals surface area contributed by atoms with Crippen molar-refractivity contribution in [2.24, 2.45) is 5.92 Å². The Hall–Kier alpha value is -3.26. The van der Waals surface area contributed by atoms with Gasteiger partial charge in [-0.05, 0) is 74.8 Å². The molecule has 2 fully saturated rings. The molecule has 0 bridgehead atoms. The zero-order chi connectivity index (χ0) is 23.7. The van der Waals surface area contributed by atoms with Crippen molar-refractivity contribution < 1.29 is 19.1 Å². The number of aryl methyl sites for hydroxylation is 3. The standard InChI is InChI=1S/C21H25NO4.C7H6/c1-5-15-12-17-18(22(15)21(24)25-4)7-6-8-19(17)26-20(23)16-11-13(2)9-10-14(16)3;1-5-4-6-2-3-7(5)6/h1,9-11,15,17-19H,6-8,12H2,2-4H3;2-4H,1H3/t15?,17-,18-,19+;/m1./s1. The summed E-state index contributed by atoms with van der Waals surface area (Å²) in [6.07, 6.45) is 8.18. The van der Waals surface area contributed by atoms with Gasteiger partial charge in [0.1, 0.15) is 6.10 Å². The minimum Gasteiger partial charge on any atom is -0.458 e. The molecular weight excluding hydrogens is 414 g/mol. The van der Waals surface area contributed by atoms with Gasteiger partial charge in [-0.3, -0.25) is 4.90 Å². The number of hydrogen-bond donors (Lipinski definition) is 0. The number of ether oxygens (including phenoxy) is 2. The Bertz CT molecular complexity index is 1120. The number of esters is 1. The second kappa shape index (κ2) is 9.31. The van der Waals surface area contributed by atoms with E-state index in [1.807, 2.05) is 32.0 Å². The monoisotopic (exact) mass is 445 g/mol. The number of carbonyl (C=O) groups is 2. The second-order valence-electron chi connectivity index (χ2n) is 9.25. The number of terminal acetylenes is 1. The number of nitrogens with zero attached hydrogens (tertiary/aromatic N) is 1. The Kier molecular flexibility index (Phi) is 6.47. The molecule has 5 heteroatoms. The number of rotatable bonds is 2. The lowest BCUT2D eigenvalue weighted by molar-refractivity contribution is -0.00735. The third-order valence-corrected chi connectivity index (χ3v) is 7.14. The van der Waals surface area contributed by atoms with Crippen LogP contribution >= 0.6 is 0 Å². The van der Waals surface area contributed by atoms with Gasteiger partial charge < -0.3 is 9.47 Å². The minimum atomic E-state index is -0.401. The fraction of sp³-hybridized carbons (Fsp3) is 0.429. The highest BCUT2D eigenvalue weighted by atomic mass is 16.5. The first-order chi connectivity index (χ1) is 15.8. The zero-order valence-corrected chi connectivity index (χ0v) is 19.8. The van der Waals surface area contributed by atoms with Crippen LogP contribution in [0.5, 0.6) is 0 Å². The van der Waals surface area contributed by atoms with Gasteiger partial charge >= 0.3 is 12.1 Å². The van der Waals surface area contributed by atoms with E-state index in [0.717, 1.165) is 30.4 Å². The summed E-state index contributed by atoms with van der Waals surface area (Å²) in [6.45, 7) is 6.00. The highest BCUT2D eigenvalue weighted by Gasteiger charge is 2.49. The quantitative estimate of drug-likeness (QED) is 0.389. The molecule has 1 unspecified atom stereocenters. The number of likely N-dealkylation sites (tertiary alicyclic amines) is 1. The average molecular weight is 446 g/mol. The molecule has 1 amide bonds. The zero-order valence-electron chi connectivity index (χ0n) is 19.8. The van der Waals surface area contributed by atoms with Crippen molar-refractivity contribution in [2.75, 3.05) is 7.11 Å². The summed E-state index contributed by atoms with van der Waals surface area (Å²) >= 11 is 0. The number of hydrogen-bond acceptors (Lipinski definition) is 4. The molecule has 0 N–H and O–H groups in total. The van der Waals surface area contributed by atoms with Crippen LogP contribution in [0.4, 0.5) is 4.79 Å². The molecule has 1 heterocycles. The van der Waals surface area contributed by atoms with E-state index in [1.165, 1.54) is 23.8 Å². The van der Waals surface area contributed by atoms with Crippen molar-refractivity contribution in [3.8, 4) is 23.5 Å². The lowest BCUT2D eigenvalue weighted by Gasteiger charge is -2.36. The molecule has 1 aromatic rings. The van der Waals surface area contributed by atoms with Crippen LogP contribution in [0.1, 0.15) is 52.7 Å². The molecule has 1 aromatic carbocycles. The topological polar surface area (TPSA) is 55.8 Å². The van der Waals surface area contributed by atoms with Gasteiger partial charge in [0.2, 0.25) is 0 Å². The molecule has 3 aliphatic carbocycles. The molecule has 0 aromatic heterocycles. The van der Waals surface area contributed by atoms with Crippen molar-refractivity contribution in [3.05, 3.63) is 58.7 Å². The van der Waals surface area contributed by atoms with Gasteiger partial charge in [-0.1, -0.05) is 41.8 Å². The first-order valence-electron chi connectivity index (χ1n) is 11.6. The van der Waals surface area contributed by atoms with E-state index in [4.69, 9.17) is 15.9 Å². The SMILES string of the molecule is C#CC1C[C@H]2[C@@H](OC(=O)c3cc(C)ccc3C)CCC[C@H]2N1C(=O)OC.Cc1cc2ccc1-2. The number of benzene rings is 2. The Labute approximate surface area is 196 Å². The van der Waals surface area contributed by atoms with Crippen LogP contribution in [-0.4, -0.2) is 42.3 Å². The fourth-order valence-electron chi connectivity index (χ4n) is 5.26. The van der Waals surface area contributed by atoms with Crippen LogP contribution in [0.25, 0.3) is 11.1 Å². The minimum absolute atomic E-state index is 0.0337. The Morgan fingerprint density at radius 2 is 1.85 bits per heavy atom. The Balaban J connectivity index is 0.000000310. The molecule has 0 spiro atoms. The molecule has 4 aliphatic rings. The van der Waals surface area contributed by atoms with E-state index >= 15 is 0 Å². The Morgan fingerprint density at radius 3 is 2.39 bits per heavy atom. The van der Waals surface area contributed by atoms with E-state index < -0.39 is 6.09 Å². The number of fused-ring (bicyclic) bond motifs is 2. The van der Waals surface area contributed by atoms with Crippen molar-refractivity contribution in [1.82, 2.24) is 4.90 Å². The molecule has 0 radical (unpaired) electrons. The number of amides is 1. The molecule has 1 aliphatic heterocycles. The first-order valence-corrected chi connectivity index (χ1v) is 11.6. The van der Waals surface area contributed by atoms with Gasteiger partial charge in [0.15, 0.2) is 0 Å². The molecule has 1 saturated heterocycles. The van der Waals surface area contributed by atoms with Gasteiger partial charge in [0, 0.05) is 12.0 Å². The molecular formula is C28H31NO4. The summed E-state index contributed by atoms with van der Waals surface area (Å²) in [6, 6.07) is 11.9. The van der Waals surface area contributed by atoms with Crippen molar-refractivity contribution in [1.29, 1.82) is 0 Å². The average Bonchev–Trinajstić information content (AvgIpc) is 3.18. The molecule has 5 nitrogen and oxygen atoms in total. The van der Waals surface area contributed by atoms with Crippen molar-refractivity contribution >= 4 is 12.1 Å². The summed E-state index contributed by atoms with van der Waals surface area (Å²) in [5.41, 5.74) is 6.88. The van der Waals surface area contributed by atoms with Crippen LogP contribution in [0, 0.1) is 39.0 Å². The third-order valence-electron chi connectivity index (χ3n) is 7.14. The molecule has 1 saturated carbocycles. The number of methoxy groups -OCH3 is 1. The van der Waals surface area contributed by atoms with Gasteiger partial charge in [0.05, 0.1) is 18.7 Å². The van der Waals surface area contributed by atoms with Crippen LogP contribution in [0.15, 0.2) is 36.4 Å². The van der Waals surface area contributed by atoms with Gasteiger partial charge in [0.25, 0.3) is 0 Å². The maximum atomic E-state index is 12.7. The first kappa shape index (κ1) is 22.9. The van der Waals surface area contributed by atoms with E-state index in [0.29, 0.717) is 12.0 Å². The normalized spacial score (nSPS) is 24.0. The van der Waals surface area contributed by atoms with Crippen LogP contribution in [0.2, 0.25) is 0 Å². The lowest BCUT2D eigenvalue weighted by Crippen LogP contribution is -2.46. The molecule has 33 heavy (non-hydrogen) atoms. The van der Waals surface area contributed by atoms with E-state index in [2.05, 4.69) is 31.0 Å². The summed E-state index contributed by atoms with van der Waals surface area (Å²) in [4.78, 5) is 26.6. The summed E-state index contributed by atoms with van der Waals surface area (Å²) < 4.78 is 10.8. The van der Waals surface area contributed by atoms with Gasteiger partial charge in [-0.15, -0.1) is 6.42 Å². The maximum absolute atomic E-state index is 12.7. The Morgan fingerprint density at radius 1 is 1.06 bits per heavy atom. The van der Waals surface area contributed by atoms with Crippen LogP contribution in [0.3, 0.4) is 0 Å². The van der Waals surface area contributed by atoms with Crippen molar-refractivity contribution in [3.63, 3.8) is 0 Å². The smallest absolute Gasteiger partial charge is 0.410 e.